The fourth-order valence-corrected chi connectivity index (χ4v) is 5.54. The van der Waals surface area contributed by atoms with E-state index in [1.54, 1.807) is 11.3 Å². The molecule has 8 nitrogen and oxygen atoms in total. The molecule has 0 radical (unpaired) electrons. The van der Waals surface area contributed by atoms with Crippen molar-refractivity contribution in [3.63, 3.8) is 0 Å². The maximum atomic E-state index is 12.8. The van der Waals surface area contributed by atoms with E-state index in [0.29, 0.717) is 25.9 Å². The van der Waals surface area contributed by atoms with Crippen LogP contribution in [0.5, 0.6) is 0 Å². The number of thiophene rings is 1. The van der Waals surface area contributed by atoms with Crippen molar-refractivity contribution in [1.82, 2.24) is 14.5 Å². The van der Waals surface area contributed by atoms with Crippen molar-refractivity contribution in [2.24, 2.45) is 0 Å². The van der Waals surface area contributed by atoms with Crippen LogP contribution in [0.15, 0.2) is 16.8 Å². The summed E-state index contributed by atoms with van der Waals surface area (Å²) in [5, 5.41) is 6.83. The van der Waals surface area contributed by atoms with Crippen molar-refractivity contribution in [3.8, 4) is 0 Å². The van der Waals surface area contributed by atoms with Crippen molar-refractivity contribution in [2.75, 3.05) is 39.1 Å². The van der Waals surface area contributed by atoms with E-state index < -0.39 is 22.0 Å². The van der Waals surface area contributed by atoms with E-state index in [1.165, 1.54) is 7.11 Å². The van der Waals surface area contributed by atoms with E-state index >= 15 is 0 Å². The maximum Gasteiger partial charge on any atom is 0.253 e. The lowest BCUT2D eigenvalue weighted by Crippen LogP contribution is -2.45. The molecule has 10 heteroatoms. The van der Waals surface area contributed by atoms with Gasteiger partial charge >= 0.3 is 0 Å². The highest BCUT2D eigenvalue weighted by atomic mass is 32.2. The molecule has 1 N–H and O–H groups in total. The molecule has 0 unspecified atom stereocenters. The van der Waals surface area contributed by atoms with Gasteiger partial charge in [0.15, 0.2) is 0 Å². The second-order valence-corrected chi connectivity index (χ2v) is 9.33. The number of carbonyl (C=O) groups is 2. The summed E-state index contributed by atoms with van der Waals surface area (Å²) >= 11 is 1.54. The van der Waals surface area contributed by atoms with E-state index in [2.05, 4.69) is 5.32 Å². The number of amides is 2. The van der Waals surface area contributed by atoms with Crippen LogP contribution in [0, 0.1) is 0 Å². The van der Waals surface area contributed by atoms with Crippen molar-refractivity contribution < 1.29 is 22.7 Å². The van der Waals surface area contributed by atoms with Gasteiger partial charge in [-0.1, -0.05) is 0 Å². The zero-order valence-electron chi connectivity index (χ0n) is 14.6. The van der Waals surface area contributed by atoms with Crippen LogP contribution in [0.3, 0.4) is 0 Å². The van der Waals surface area contributed by atoms with Crippen molar-refractivity contribution in [2.45, 2.75) is 24.9 Å². The van der Waals surface area contributed by atoms with Gasteiger partial charge in [0.25, 0.3) is 5.91 Å². The highest BCUT2D eigenvalue weighted by Crippen LogP contribution is 2.24. The summed E-state index contributed by atoms with van der Waals surface area (Å²) < 4.78 is 30.6. The lowest BCUT2D eigenvalue weighted by molar-refractivity contribution is -0.131. The summed E-state index contributed by atoms with van der Waals surface area (Å²) in [6.45, 7) is 0.966. The normalized spacial score (nSPS) is 25.7. The van der Waals surface area contributed by atoms with Crippen LogP contribution in [0.1, 0.15) is 12.0 Å². The quantitative estimate of drug-likeness (QED) is 0.701. The number of ether oxygens (including phenoxy) is 1. The molecule has 144 valence electrons. The SMILES string of the molecule is COCCN1C(=O)[C@@H]2C[C@H](NC(=O)Cc3ccsc3)CN2CCS1(=O)=O. The Morgan fingerprint density at radius 2 is 2.27 bits per heavy atom. The predicted molar refractivity (Wildman–Crippen MR) is 97.3 cm³/mol. The molecule has 3 rings (SSSR count). The number of nitrogens with zero attached hydrogens (tertiary/aromatic N) is 2. The minimum atomic E-state index is -3.62. The number of hydrogen-bond acceptors (Lipinski definition) is 7. The van der Waals surface area contributed by atoms with E-state index in [1.807, 2.05) is 21.7 Å². The molecule has 2 saturated heterocycles. The van der Waals surface area contributed by atoms with Crippen molar-refractivity contribution in [1.29, 1.82) is 0 Å². The summed E-state index contributed by atoms with van der Waals surface area (Å²) in [6.07, 6.45) is 0.736. The van der Waals surface area contributed by atoms with Gasteiger partial charge in [-0.2, -0.15) is 11.3 Å². The minimum absolute atomic E-state index is 0.0250. The second-order valence-electron chi connectivity index (χ2n) is 6.54. The number of carbonyl (C=O) groups excluding carboxylic acids is 2. The molecular weight excluding hydrogens is 378 g/mol. The number of nitrogens with one attached hydrogen (secondary N) is 1. The topological polar surface area (TPSA) is 96.0 Å². The Labute approximate surface area is 157 Å². The maximum absolute atomic E-state index is 12.8. The van der Waals surface area contributed by atoms with Crippen LogP contribution < -0.4 is 5.32 Å². The Kier molecular flexibility index (Phi) is 5.96. The molecule has 0 saturated carbocycles. The number of sulfonamides is 1. The van der Waals surface area contributed by atoms with Crippen LogP contribution in [0.25, 0.3) is 0 Å². The Balaban J connectivity index is 1.64. The van der Waals surface area contributed by atoms with E-state index in [9.17, 15) is 18.0 Å². The van der Waals surface area contributed by atoms with Gasteiger partial charge < -0.3 is 10.1 Å². The van der Waals surface area contributed by atoms with Gasteiger partial charge in [0, 0.05) is 26.2 Å². The summed E-state index contributed by atoms with van der Waals surface area (Å²) in [6, 6.07) is 1.24. The second kappa shape index (κ2) is 8.03. The monoisotopic (exact) mass is 401 g/mol. The third-order valence-corrected chi connectivity index (χ3v) is 7.18. The molecule has 1 aromatic rings. The predicted octanol–water partition coefficient (Wildman–Crippen LogP) is -0.332. The average molecular weight is 402 g/mol. The molecule has 0 bridgehead atoms. The van der Waals surface area contributed by atoms with Crippen molar-refractivity contribution in [3.05, 3.63) is 22.4 Å². The number of hydrogen-bond donors (Lipinski definition) is 1. The van der Waals surface area contributed by atoms with Gasteiger partial charge in [-0.25, -0.2) is 12.7 Å². The molecule has 26 heavy (non-hydrogen) atoms. The van der Waals surface area contributed by atoms with Crippen LogP contribution in [-0.2, 0) is 30.8 Å². The first-order valence-corrected chi connectivity index (χ1v) is 11.0. The number of rotatable bonds is 6. The molecule has 0 aromatic carbocycles. The number of fused-ring (bicyclic) bond motifs is 1. The zero-order chi connectivity index (χ0) is 18.7. The first kappa shape index (κ1) is 19.3. The van der Waals surface area contributed by atoms with Crippen LogP contribution in [-0.4, -0.2) is 80.6 Å². The molecule has 1 aromatic heterocycles. The Morgan fingerprint density at radius 1 is 1.46 bits per heavy atom. The van der Waals surface area contributed by atoms with E-state index in [0.717, 1.165) is 9.87 Å². The largest absolute Gasteiger partial charge is 0.383 e. The summed E-state index contributed by atoms with van der Waals surface area (Å²) in [7, 11) is -2.15. The molecule has 2 amide bonds. The third-order valence-electron chi connectivity index (χ3n) is 4.71. The molecular formula is C16H23N3O5S2. The van der Waals surface area contributed by atoms with Gasteiger partial charge in [0.1, 0.15) is 0 Å². The lowest BCUT2D eigenvalue weighted by Gasteiger charge is -2.23. The first-order valence-electron chi connectivity index (χ1n) is 8.48. The molecule has 3 heterocycles. The van der Waals surface area contributed by atoms with Crippen LogP contribution >= 0.6 is 11.3 Å². The van der Waals surface area contributed by atoms with Gasteiger partial charge in [-0.15, -0.1) is 0 Å². The Bertz CT molecular complexity index is 750. The van der Waals surface area contributed by atoms with Crippen molar-refractivity contribution >= 4 is 33.2 Å². The summed E-state index contributed by atoms with van der Waals surface area (Å²) in [5.41, 5.74) is 0.966. The van der Waals surface area contributed by atoms with E-state index in [-0.39, 0.29) is 30.9 Å². The fourth-order valence-electron chi connectivity index (χ4n) is 3.44. The summed E-state index contributed by atoms with van der Waals surface area (Å²) in [5.74, 6) is -0.606. The molecule has 0 aliphatic carbocycles. The first-order chi connectivity index (χ1) is 12.4. The Hall–Kier alpha value is -1.49. The standard InChI is InChI=1S/C16H23N3O5S2/c1-24-5-3-19-16(21)14-9-13(10-18(14)4-7-26(19,22)23)17-15(20)8-12-2-6-25-11-12/h2,6,11,13-14H,3-5,7-10H2,1H3,(H,17,20)/t13-,14-/m0/s1. The zero-order valence-corrected chi connectivity index (χ0v) is 16.2. The lowest BCUT2D eigenvalue weighted by atomic mass is 10.1. The molecule has 2 fully saturated rings. The van der Waals surface area contributed by atoms with Crippen LogP contribution in [0.4, 0.5) is 0 Å². The third kappa shape index (κ3) is 4.25. The number of methoxy groups -OCH3 is 1. The fraction of sp³-hybridized carbons (Fsp3) is 0.625. The molecule has 2 atom stereocenters. The van der Waals surface area contributed by atoms with Gasteiger partial charge in [0.2, 0.25) is 15.9 Å². The molecule has 0 spiro atoms. The van der Waals surface area contributed by atoms with Gasteiger partial charge in [-0.3, -0.25) is 14.5 Å². The minimum Gasteiger partial charge on any atom is -0.383 e. The average Bonchev–Trinajstić information content (AvgIpc) is 3.20. The highest BCUT2D eigenvalue weighted by molar-refractivity contribution is 7.89. The molecule has 2 aliphatic rings. The van der Waals surface area contributed by atoms with Crippen LogP contribution in [0.2, 0.25) is 0 Å². The summed E-state index contributed by atoms with van der Waals surface area (Å²) in [4.78, 5) is 26.8. The van der Waals surface area contributed by atoms with Gasteiger partial charge in [0.05, 0.1) is 31.4 Å². The smallest absolute Gasteiger partial charge is 0.253 e. The highest BCUT2D eigenvalue weighted by Gasteiger charge is 2.45. The van der Waals surface area contributed by atoms with E-state index in [4.69, 9.17) is 4.74 Å². The Morgan fingerprint density at radius 3 is 2.96 bits per heavy atom. The molecule has 2 aliphatic heterocycles. The van der Waals surface area contributed by atoms with Gasteiger partial charge in [-0.05, 0) is 28.8 Å².